The highest BCUT2D eigenvalue weighted by atomic mass is 16.1. The van der Waals surface area contributed by atoms with Gasteiger partial charge in [0.05, 0.1) is 12.2 Å². The maximum Gasteiger partial charge on any atom is 0.256 e. The molecule has 3 aromatic heterocycles. The zero-order chi connectivity index (χ0) is 18.6. The number of anilines is 1. The maximum absolute atomic E-state index is 12.8. The van der Waals surface area contributed by atoms with Gasteiger partial charge in [0.2, 0.25) is 0 Å². The summed E-state index contributed by atoms with van der Waals surface area (Å²) >= 11 is 0. The highest BCUT2D eigenvalue weighted by molar-refractivity contribution is 6.04. The van der Waals surface area contributed by atoms with Crippen molar-refractivity contribution in [2.24, 2.45) is 0 Å². The fourth-order valence-electron chi connectivity index (χ4n) is 3.47. The van der Waals surface area contributed by atoms with Gasteiger partial charge >= 0.3 is 0 Å². The third-order valence-electron chi connectivity index (χ3n) is 5.04. The van der Waals surface area contributed by atoms with Gasteiger partial charge in [0.1, 0.15) is 18.0 Å². The van der Waals surface area contributed by atoms with E-state index in [1.54, 1.807) is 47.8 Å². The lowest BCUT2D eigenvalue weighted by molar-refractivity contribution is 0.102. The number of nitrogens with zero attached hydrogens (tertiary/aromatic N) is 6. The van der Waals surface area contributed by atoms with E-state index < -0.39 is 0 Å². The van der Waals surface area contributed by atoms with Gasteiger partial charge in [-0.3, -0.25) is 9.36 Å². The number of amides is 1. The minimum Gasteiger partial charge on any atom is -0.307 e. The number of piperidine rings is 1. The Bertz CT molecular complexity index is 894. The standard InChI is InChI=1S/C19H23N7O/c1-2-24-10-5-16(6-11-24)26-17(4-8-22-26)23-19(27)15-3-7-21-18(13-15)25-12-9-20-14-25/h3-4,7-9,12-14,16H,2,5-6,10-11H2,1H3,(H,23,27). The average molecular weight is 365 g/mol. The van der Waals surface area contributed by atoms with Crippen LogP contribution in [0.25, 0.3) is 5.82 Å². The van der Waals surface area contributed by atoms with E-state index in [0.29, 0.717) is 17.4 Å². The summed E-state index contributed by atoms with van der Waals surface area (Å²) in [5.41, 5.74) is 0.544. The van der Waals surface area contributed by atoms with Crippen molar-refractivity contribution >= 4 is 11.7 Å². The Hall–Kier alpha value is -3.00. The van der Waals surface area contributed by atoms with Gasteiger partial charge in [-0.2, -0.15) is 5.10 Å². The Morgan fingerprint density at radius 3 is 2.81 bits per heavy atom. The summed E-state index contributed by atoms with van der Waals surface area (Å²) < 4.78 is 3.71. The van der Waals surface area contributed by atoms with Crippen molar-refractivity contribution in [3.05, 3.63) is 54.9 Å². The molecule has 8 heteroatoms. The first-order chi connectivity index (χ1) is 13.2. The number of aromatic nitrogens is 5. The van der Waals surface area contributed by atoms with Crippen molar-refractivity contribution in [2.45, 2.75) is 25.8 Å². The Morgan fingerprint density at radius 1 is 1.22 bits per heavy atom. The Kier molecular flexibility index (Phi) is 4.97. The van der Waals surface area contributed by atoms with E-state index in [4.69, 9.17) is 0 Å². The normalized spacial score (nSPS) is 15.7. The summed E-state index contributed by atoms with van der Waals surface area (Å²) in [5, 5.41) is 7.45. The van der Waals surface area contributed by atoms with Gasteiger partial charge < -0.3 is 10.2 Å². The molecule has 4 rings (SSSR count). The lowest BCUT2D eigenvalue weighted by atomic mass is 10.1. The molecule has 0 aromatic carbocycles. The first kappa shape index (κ1) is 17.4. The van der Waals surface area contributed by atoms with Crippen LogP contribution < -0.4 is 5.32 Å². The van der Waals surface area contributed by atoms with Gasteiger partial charge in [0.25, 0.3) is 5.91 Å². The van der Waals surface area contributed by atoms with Crippen molar-refractivity contribution in [1.29, 1.82) is 0 Å². The van der Waals surface area contributed by atoms with Gasteiger partial charge in [-0.05, 0) is 31.5 Å². The maximum atomic E-state index is 12.8. The van der Waals surface area contributed by atoms with Crippen LogP contribution in [0.15, 0.2) is 49.3 Å². The molecule has 0 aliphatic carbocycles. The lowest BCUT2D eigenvalue weighted by Crippen LogP contribution is -2.35. The van der Waals surface area contributed by atoms with E-state index in [1.165, 1.54) is 0 Å². The Labute approximate surface area is 157 Å². The summed E-state index contributed by atoms with van der Waals surface area (Å²) in [6.45, 7) is 5.39. The molecule has 4 heterocycles. The molecule has 1 fully saturated rings. The third kappa shape index (κ3) is 3.75. The number of nitrogens with one attached hydrogen (secondary N) is 1. The van der Waals surface area contributed by atoms with Crippen LogP contribution in [0, 0.1) is 0 Å². The summed E-state index contributed by atoms with van der Waals surface area (Å²) in [5.74, 6) is 1.21. The molecule has 0 spiro atoms. The van der Waals surface area contributed by atoms with E-state index >= 15 is 0 Å². The number of pyridine rings is 1. The van der Waals surface area contributed by atoms with Gasteiger partial charge in [0.15, 0.2) is 0 Å². The van der Waals surface area contributed by atoms with E-state index in [2.05, 4.69) is 32.2 Å². The minimum absolute atomic E-state index is 0.175. The second-order valence-corrected chi connectivity index (χ2v) is 6.65. The largest absolute Gasteiger partial charge is 0.307 e. The Morgan fingerprint density at radius 2 is 2.07 bits per heavy atom. The van der Waals surface area contributed by atoms with Crippen molar-refractivity contribution in [2.75, 3.05) is 25.0 Å². The quantitative estimate of drug-likeness (QED) is 0.751. The molecular formula is C19H23N7O. The molecule has 1 N–H and O–H groups in total. The molecule has 27 heavy (non-hydrogen) atoms. The second-order valence-electron chi connectivity index (χ2n) is 6.65. The number of carbonyl (C=O) groups is 1. The van der Waals surface area contributed by atoms with Crippen LogP contribution in [0.5, 0.6) is 0 Å². The van der Waals surface area contributed by atoms with Crippen LogP contribution in [-0.4, -0.2) is 54.8 Å². The lowest BCUT2D eigenvalue weighted by Gasteiger charge is -2.31. The summed E-state index contributed by atoms with van der Waals surface area (Å²) in [6, 6.07) is 5.62. The molecule has 140 valence electrons. The molecule has 1 aliphatic heterocycles. The molecule has 1 saturated heterocycles. The van der Waals surface area contributed by atoms with Crippen molar-refractivity contribution < 1.29 is 4.79 Å². The van der Waals surface area contributed by atoms with E-state index in [1.807, 2.05) is 10.7 Å². The summed E-state index contributed by atoms with van der Waals surface area (Å²) in [6.07, 6.45) is 10.6. The zero-order valence-corrected chi connectivity index (χ0v) is 15.3. The topological polar surface area (TPSA) is 80.9 Å². The average Bonchev–Trinajstić information content (AvgIpc) is 3.40. The van der Waals surface area contributed by atoms with Gasteiger partial charge in [-0.1, -0.05) is 6.92 Å². The first-order valence-electron chi connectivity index (χ1n) is 9.26. The second kappa shape index (κ2) is 7.71. The van der Waals surface area contributed by atoms with Crippen LogP contribution >= 0.6 is 0 Å². The van der Waals surface area contributed by atoms with Crippen molar-refractivity contribution in [3.63, 3.8) is 0 Å². The van der Waals surface area contributed by atoms with Crippen LogP contribution in [0.3, 0.4) is 0 Å². The molecule has 0 radical (unpaired) electrons. The van der Waals surface area contributed by atoms with Crippen LogP contribution in [0.1, 0.15) is 36.2 Å². The third-order valence-corrected chi connectivity index (χ3v) is 5.04. The molecule has 0 unspecified atom stereocenters. The highest BCUT2D eigenvalue weighted by Crippen LogP contribution is 2.25. The molecule has 0 atom stereocenters. The zero-order valence-electron chi connectivity index (χ0n) is 15.3. The fourth-order valence-corrected chi connectivity index (χ4v) is 3.47. The minimum atomic E-state index is -0.175. The predicted molar refractivity (Wildman–Crippen MR) is 102 cm³/mol. The SMILES string of the molecule is CCN1CCC(n2nccc2NC(=O)c2ccnc(-n3ccnc3)c2)CC1. The Balaban J connectivity index is 1.48. The van der Waals surface area contributed by atoms with Gasteiger partial charge in [0, 0.05) is 43.3 Å². The smallest absolute Gasteiger partial charge is 0.256 e. The number of carbonyl (C=O) groups excluding carboxylic acids is 1. The van der Waals surface area contributed by atoms with Crippen molar-refractivity contribution in [1.82, 2.24) is 29.2 Å². The van der Waals surface area contributed by atoms with Crippen molar-refractivity contribution in [3.8, 4) is 5.82 Å². The van der Waals surface area contributed by atoms with Crippen LogP contribution in [0.2, 0.25) is 0 Å². The van der Waals surface area contributed by atoms with Gasteiger partial charge in [-0.15, -0.1) is 0 Å². The summed E-state index contributed by atoms with van der Waals surface area (Å²) in [4.78, 5) is 23.5. The number of likely N-dealkylation sites (tertiary alicyclic amines) is 1. The number of imidazole rings is 1. The van der Waals surface area contributed by atoms with Gasteiger partial charge in [-0.25, -0.2) is 14.6 Å². The number of hydrogen-bond acceptors (Lipinski definition) is 5. The molecule has 0 bridgehead atoms. The molecule has 3 aromatic rings. The molecule has 1 amide bonds. The monoisotopic (exact) mass is 365 g/mol. The molecular weight excluding hydrogens is 342 g/mol. The predicted octanol–water partition coefficient (Wildman–Crippen LogP) is 2.37. The molecule has 0 saturated carbocycles. The number of hydrogen-bond donors (Lipinski definition) is 1. The number of rotatable bonds is 5. The fraction of sp³-hybridized carbons (Fsp3) is 0.368. The summed E-state index contributed by atoms with van der Waals surface area (Å²) in [7, 11) is 0. The molecule has 8 nitrogen and oxygen atoms in total. The van der Waals surface area contributed by atoms with E-state index in [-0.39, 0.29) is 5.91 Å². The molecule has 1 aliphatic rings. The van der Waals surface area contributed by atoms with E-state index in [0.717, 1.165) is 38.3 Å². The van der Waals surface area contributed by atoms with Crippen LogP contribution in [-0.2, 0) is 0 Å². The highest BCUT2D eigenvalue weighted by Gasteiger charge is 2.22. The van der Waals surface area contributed by atoms with E-state index in [9.17, 15) is 4.79 Å². The first-order valence-corrected chi connectivity index (χ1v) is 9.26. The van der Waals surface area contributed by atoms with Crippen LogP contribution in [0.4, 0.5) is 5.82 Å².